The number of carbonyl (C=O) groups is 7. The van der Waals surface area contributed by atoms with Gasteiger partial charge in [-0.2, -0.15) is 0 Å². The van der Waals surface area contributed by atoms with Crippen molar-refractivity contribution in [3.8, 4) is 0 Å². The standard InChI is InChI=1S/C43H53N15O7/c1-52(2)14-9-11-45-38(60)31-17-27(22-54(31)4)48-41(63)34-19-29(24-57(34)7)50-40(62)33-16-26(21-56(33)6)47-36(59)10-12-46-39(61)32-18-28(23-55(32)5)49-42(64)35-20-30(25-58(35)8)51-43(65)37-44-13-15-53(37)3/h13,15-25H,9-12,14H2,1-8H3,(H,45,60)(H,46,61)(H,47,59)(H,48,63)(H,49,64)(H,50,62)(H,51,65). The van der Waals surface area contributed by atoms with Gasteiger partial charge in [0, 0.05) is 105 Å². The Balaban J connectivity index is 0.954. The number of hydrogen-bond donors (Lipinski definition) is 7. The fourth-order valence-corrected chi connectivity index (χ4v) is 6.94. The zero-order chi connectivity index (χ0) is 47.1. The van der Waals surface area contributed by atoms with Crippen LogP contribution in [0.1, 0.15) is 75.9 Å². The van der Waals surface area contributed by atoms with E-state index in [1.807, 2.05) is 19.0 Å². The molecule has 6 aromatic heterocycles. The first-order valence-electron chi connectivity index (χ1n) is 20.4. The average molecular weight is 892 g/mol. The molecule has 0 aliphatic rings. The minimum absolute atomic E-state index is 0.00415. The van der Waals surface area contributed by atoms with Crippen LogP contribution in [0.4, 0.5) is 28.4 Å². The van der Waals surface area contributed by atoms with Gasteiger partial charge in [0.2, 0.25) is 5.91 Å². The topological polar surface area (TPSA) is 249 Å². The summed E-state index contributed by atoms with van der Waals surface area (Å²) >= 11 is 0. The predicted octanol–water partition coefficient (Wildman–Crippen LogP) is 2.56. The second kappa shape index (κ2) is 19.9. The average Bonchev–Trinajstić information content (AvgIpc) is 4.10. The molecule has 0 fully saturated rings. The van der Waals surface area contributed by atoms with E-state index in [0.29, 0.717) is 40.7 Å². The summed E-state index contributed by atoms with van der Waals surface area (Å²) in [7, 11) is 13.9. The smallest absolute Gasteiger partial charge is 0.291 e. The van der Waals surface area contributed by atoms with Crippen LogP contribution < -0.4 is 37.2 Å². The molecule has 0 aromatic carbocycles. The van der Waals surface area contributed by atoms with Crippen LogP contribution in [0.3, 0.4) is 0 Å². The molecule has 6 rings (SSSR count). The van der Waals surface area contributed by atoms with Crippen LogP contribution in [0.5, 0.6) is 0 Å². The molecule has 0 aliphatic carbocycles. The minimum Gasteiger partial charge on any atom is -0.351 e. The fourth-order valence-electron chi connectivity index (χ4n) is 6.94. The van der Waals surface area contributed by atoms with E-state index < -0.39 is 35.4 Å². The molecular formula is C43H53N15O7. The molecule has 0 bridgehead atoms. The third-order valence-electron chi connectivity index (χ3n) is 10.2. The Bertz CT molecular complexity index is 2780. The summed E-state index contributed by atoms with van der Waals surface area (Å²) in [6.07, 6.45) is 11.8. The molecule has 342 valence electrons. The molecule has 7 amide bonds. The van der Waals surface area contributed by atoms with Crippen LogP contribution in [-0.2, 0) is 47.1 Å². The number of aryl methyl sites for hydroxylation is 6. The van der Waals surface area contributed by atoms with Crippen LogP contribution in [0.25, 0.3) is 0 Å². The number of hydrogen-bond acceptors (Lipinski definition) is 9. The van der Waals surface area contributed by atoms with E-state index >= 15 is 0 Å². The highest BCUT2D eigenvalue weighted by molar-refractivity contribution is 6.09. The number of imidazole rings is 1. The highest BCUT2D eigenvalue weighted by atomic mass is 16.2. The van der Waals surface area contributed by atoms with E-state index in [1.54, 1.807) is 108 Å². The third kappa shape index (κ3) is 11.5. The molecule has 0 spiro atoms. The van der Waals surface area contributed by atoms with Gasteiger partial charge < -0.3 is 69.5 Å². The van der Waals surface area contributed by atoms with Crippen LogP contribution >= 0.6 is 0 Å². The van der Waals surface area contributed by atoms with Gasteiger partial charge in [-0.05, 0) is 57.4 Å². The van der Waals surface area contributed by atoms with Crippen LogP contribution in [0.15, 0.2) is 73.7 Å². The van der Waals surface area contributed by atoms with Gasteiger partial charge in [-0.1, -0.05) is 0 Å². The molecule has 0 radical (unpaired) electrons. The predicted molar refractivity (Wildman–Crippen MR) is 243 cm³/mol. The Morgan fingerprint density at radius 1 is 0.477 bits per heavy atom. The largest absolute Gasteiger partial charge is 0.351 e. The molecular weight excluding hydrogens is 839 g/mol. The van der Waals surface area contributed by atoms with Crippen LogP contribution in [-0.4, -0.2) is 112 Å². The summed E-state index contributed by atoms with van der Waals surface area (Å²) in [6, 6.07) is 7.64. The molecule has 0 saturated carbocycles. The zero-order valence-corrected chi connectivity index (χ0v) is 37.4. The van der Waals surface area contributed by atoms with Gasteiger partial charge in [0.05, 0.1) is 28.4 Å². The minimum atomic E-state index is -0.487. The van der Waals surface area contributed by atoms with Gasteiger partial charge >= 0.3 is 0 Å². The lowest BCUT2D eigenvalue weighted by molar-refractivity contribution is -0.116. The number of nitrogens with one attached hydrogen (secondary N) is 7. The second-order valence-corrected chi connectivity index (χ2v) is 15.8. The van der Waals surface area contributed by atoms with Crippen molar-refractivity contribution in [2.24, 2.45) is 42.3 Å². The van der Waals surface area contributed by atoms with E-state index in [2.05, 4.69) is 42.2 Å². The molecule has 22 nitrogen and oxygen atoms in total. The Labute approximate surface area is 373 Å². The maximum Gasteiger partial charge on any atom is 0.291 e. The molecule has 7 N–H and O–H groups in total. The summed E-state index contributed by atoms with van der Waals surface area (Å²) in [6.45, 7) is 1.35. The van der Waals surface area contributed by atoms with Crippen molar-refractivity contribution in [3.05, 3.63) is 108 Å². The van der Waals surface area contributed by atoms with E-state index in [9.17, 15) is 33.6 Å². The zero-order valence-electron chi connectivity index (χ0n) is 37.4. The number of carbonyl (C=O) groups excluding carboxylic acids is 7. The normalized spacial score (nSPS) is 11.0. The van der Waals surface area contributed by atoms with Crippen molar-refractivity contribution in [1.29, 1.82) is 0 Å². The fraction of sp³-hybridized carbons (Fsp3) is 0.302. The molecule has 0 saturated heterocycles. The van der Waals surface area contributed by atoms with E-state index in [4.69, 9.17) is 0 Å². The van der Waals surface area contributed by atoms with Gasteiger partial charge in [0.25, 0.3) is 35.4 Å². The van der Waals surface area contributed by atoms with Gasteiger partial charge in [0.1, 0.15) is 28.5 Å². The molecule has 0 aliphatic heterocycles. The Kier molecular flexibility index (Phi) is 14.2. The highest BCUT2D eigenvalue weighted by Crippen LogP contribution is 2.21. The van der Waals surface area contributed by atoms with Gasteiger partial charge in [-0.3, -0.25) is 33.6 Å². The summed E-state index contributed by atoms with van der Waals surface area (Å²) < 4.78 is 9.40. The summed E-state index contributed by atoms with van der Waals surface area (Å²) in [5.41, 5.74) is 3.28. The van der Waals surface area contributed by atoms with Gasteiger partial charge in [-0.25, -0.2) is 4.98 Å². The highest BCUT2D eigenvalue weighted by Gasteiger charge is 2.21. The molecule has 6 aromatic rings. The molecule has 65 heavy (non-hydrogen) atoms. The number of anilines is 5. The SMILES string of the molecule is CN(C)CCCNC(=O)c1cc(NC(=O)c2cc(NC(=O)c3cc(NC(=O)CCNC(=O)c4cc(NC(=O)c5cc(NC(=O)c6nccn6C)cn5C)cn4C)cn3C)cn2C)cn1C. The number of aromatic nitrogens is 7. The molecule has 6 heterocycles. The first-order chi connectivity index (χ1) is 30.9. The second-order valence-electron chi connectivity index (χ2n) is 15.8. The monoisotopic (exact) mass is 891 g/mol. The quantitative estimate of drug-likeness (QED) is 0.0626. The van der Waals surface area contributed by atoms with Crippen molar-refractivity contribution in [1.82, 2.24) is 47.9 Å². The summed E-state index contributed by atoms with van der Waals surface area (Å²) in [5, 5.41) is 19.4. The molecule has 0 atom stereocenters. The van der Waals surface area contributed by atoms with E-state index in [0.717, 1.165) is 13.0 Å². The van der Waals surface area contributed by atoms with Crippen molar-refractivity contribution in [2.45, 2.75) is 12.8 Å². The van der Waals surface area contributed by atoms with Crippen molar-refractivity contribution < 1.29 is 33.6 Å². The van der Waals surface area contributed by atoms with Gasteiger partial charge in [-0.15, -0.1) is 0 Å². The van der Waals surface area contributed by atoms with Crippen molar-refractivity contribution in [3.63, 3.8) is 0 Å². The summed E-state index contributed by atoms with van der Waals surface area (Å²) in [4.78, 5) is 96.9. The van der Waals surface area contributed by atoms with Crippen LogP contribution in [0, 0.1) is 0 Å². The van der Waals surface area contributed by atoms with Crippen molar-refractivity contribution in [2.75, 3.05) is 60.3 Å². The Hall–Kier alpha value is -8.14. The molecule has 0 unspecified atom stereocenters. The first kappa shape index (κ1) is 46.4. The van der Waals surface area contributed by atoms with E-state index in [-0.39, 0.29) is 47.5 Å². The lowest BCUT2D eigenvalue weighted by Gasteiger charge is -2.10. The third-order valence-corrected chi connectivity index (χ3v) is 10.2. The first-order valence-corrected chi connectivity index (χ1v) is 20.4. The maximum atomic E-state index is 13.3. The maximum absolute atomic E-state index is 13.3. The molecule has 22 heteroatoms. The van der Waals surface area contributed by atoms with E-state index in [1.165, 1.54) is 35.0 Å². The number of rotatable bonds is 18. The number of nitrogens with zero attached hydrogens (tertiary/aromatic N) is 8. The number of amides is 7. The summed E-state index contributed by atoms with van der Waals surface area (Å²) in [5.74, 6) is -2.75. The Morgan fingerprint density at radius 3 is 1.20 bits per heavy atom. The van der Waals surface area contributed by atoms with Crippen molar-refractivity contribution >= 4 is 69.8 Å². The lowest BCUT2D eigenvalue weighted by Crippen LogP contribution is -2.28. The van der Waals surface area contributed by atoms with Gasteiger partial charge in [0.15, 0.2) is 5.82 Å². The Morgan fingerprint density at radius 2 is 0.831 bits per heavy atom. The van der Waals surface area contributed by atoms with Crippen LogP contribution in [0.2, 0.25) is 0 Å². The lowest BCUT2D eigenvalue weighted by atomic mass is 10.3.